The molecule has 0 unspecified atom stereocenters. The van der Waals surface area contributed by atoms with Crippen molar-refractivity contribution in [2.24, 2.45) is 5.92 Å². The SMILES string of the molecule is O=C(N[C@@H](C1CC1)C(F)(F)F)c1cn(-c2c(F)cc(F)cc2F)c2nc(N(CCO)CCO)ccc2c1=O. The van der Waals surface area contributed by atoms with Crippen LogP contribution in [0.25, 0.3) is 16.7 Å². The number of aliphatic hydroxyl groups is 2. The zero-order chi connectivity index (χ0) is 27.8. The smallest absolute Gasteiger partial charge is 0.395 e. The van der Waals surface area contributed by atoms with Gasteiger partial charge >= 0.3 is 6.18 Å². The lowest BCUT2D eigenvalue weighted by Crippen LogP contribution is -2.48. The van der Waals surface area contributed by atoms with Crippen LogP contribution >= 0.6 is 0 Å². The van der Waals surface area contributed by atoms with Crippen LogP contribution in [0, 0.1) is 23.4 Å². The fraction of sp³-hybridized carbons (Fsp3) is 0.375. The number of alkyl halides is 3. The minimum Gasteiger partial charge on any atom is -0.395 e. The third-order valence-electron chi connectivity index (χ3n) is 6.10. The quantitative estimate of drug-likeness (QED) is 0.358. The molecule has 1 aliphatic rings. The number of aromatic nitrogens is 2. The minimum absolute atomic E-state index is 0.0109. The number of amides is 1. The first-order chi connectivity index (χ1) is 18.0. The van der Waals surface area contributed by atoms with Crippen LogP contribution in [0.15, 0.2) is 35.3 Å². The Labute approximate surface area is 211 Å². The average molecular weight is 544 g/mol. The van der Waals surface area contributed by atoms with Gasteiger partial charge in [0.2, 0.25) is 5.43 Å². The van der Waals surface area contributed by atoms with Crippen LogP contribution < -0.4 is 15.6 Å². The fourth-order valence-corrected chi connectivity index (χ4v) is 4.16. The molecule has 3 N–H and O–H groups in total. The summed E-state index contributed by atoms with van der Waals surface area (Å²) in [6.07, 6.45) is -3.69. The largest absolute Gasteiger partial charge is 0.408 e. The summed E-state index contributed by atoms with van der Waals surface area (Å²) in [6.45, 7) is -0.728. The maximum absolute atomic E-state index is 14.8. The van der Waals surface area contributed by atoms with Gasteiger partial charge in [-0.3, -0.25) is 14.2 Å². The highest BCUT2D eigenvalue weighted by Gasteiger charge is 2.49. The second-order valence-corrected chi connectivity index (χ2v) is 8.76. The fourth-order valence-electron chi connectivity index (χ4n) is 4.16. The number of fused-ring (bicyclic) bond motifs is 1. The third-order valence-corrected chi connectivity index (χ3v) is 6.10. The van der Waals surface area contributed by atoms with Crippen molar-refractivity contribution in [1.29, 1.82) is 0 Å². The van der Waals surface area contributed by atoms with Gasteiger partial charge in [0.25, 0.3) is 5.91 Å². The molecule has 8 nitrogen and oxygen atoms in total. The van der Waals surface area contributed by atoms with E-state index in [-0.39, 0.29) is 50.3 Å². The summed E-state index contributed by atoms with van der Waals surface area (Å²) in [7, 11) is 0. The van der Waals surface area contributed by atoms with Gasteiger partial charge in [-0.25, -0.2) is 18.2 Å². The molecule has 0 spiro atoms. The lowest BCUT2D eigenvalue weighted by Gasteiger charge is -2.23. The Bertz CT molecular complexity index is 1390. The van der Waals surface area contributed by atoms with Crippen LogP contribution in [0.3, 0.4) is 0 Å². The first kappa shape index (κ1) is 27.4. The topological polar surface area (TPSA) is 108 Å². The molecule has 1 atom stereocenters. The number of carbonyl (C=O) groups is 1. The molecule has 1 saturated carbocycles. The van der Waals surface area contributed by atoms with E-state index in [9.17, 15) is 46.1 Å². The third kappa shape index (κ3) is 5.45. The molecule has 2 aromatic heterocycles. The summed E-state index contributed by atoms with van der Waals surface area (Å²) in [4.78, 5) is 31.7. The van der Waals surface area contributed by atoms with Gasteiger partial charge in [-0.05, 0) is 30.9 Å². The van der Waals surface area contributed by atoms with Crippen LogP contribution in [0.4, 0.5) is 32.2 Å². The van der Waals surface area contributed by atoms with E-state index in [4.69, 9.17) is 0 Å². The molecule has 1 aromatic carbocycles. The normalized spacial score (nSPS) is 14.5. The van der Waals surface area contributed by atoms with Crippen LogP contribution in [-0.4, -0.2) is 64.2 Å². The number of nitrogens with zero attached hydrogens (tertiary/aromatic N) is 3. The van der Waals surface area contributed by atoms with Crippen molar-refractivity contribution >= 4 is 22.8 Å². The van der Waals surface area contributed by atoms with Crippen LogP contribution in [0.5, 0.6) is 0 Å². The molecule has 0 aliphatic heterocycles. The molecule has 3 aromatic rings. The maximum Gasteiger partial charge on any atom is 0.408 e. The molecular weight excluding hydrogens is 522 g/mol. The van der Waals surface area contributed by atoms with Crippen LogP contribution in [0.2, 0.25) is 0 Å². The van der Waals surface area contributed by atoms with E-state index >= 15 is 0 Å². The van der Waals surface area contributed by atoms with Crippen molar-refractivity contribution in [3.05, 3.63) is 63.7 Å². The Morgan fingerprint density at radius 2 is 1.71 bits per heavy atom. The number of carbonyl (C=O) groups excluding carboxylic acids is 1. The van der Waals surface area contributed by atoms with Gasteiger partial charge in [-0.2, -0.15) is 13.2 Å². The van der Waals surface area contributed by atoms with Crippen molar-refractivity contribution in [2.75, 3.05) is 31.2 Å². The summed E-state index contributed by atoms with van der Waals surface area (Å²) in [5, 5.41) is 20.1. The second-order valence-electron chi connectivity index (χ2n) is 8.76. The van der Waals surface area contributed by atoms with E-state index in [0.29, 0.717) is 22.9 Å². The summed E-state index contributed by atoms with van der Waals surface area (Å²) < 4.78 is 84.3. The first-order valence-electron chi connectivity index (χ1n) is 11.5. The molecule has 0 radical (unpaired) electrons. The molecule has 0 bridgehead atoms. The van der Waals surface area contributed by atoms with E-state index in [1.54, 1.807) is 0 Å². The zero-order valence-electron chi connectivity index (χ0n) is 19.6. The number of anilines is 1. The van der Waals surface area contributed by atoms with E-state index in [1.807, 2.05) is 5.32 Å². The summed E-state index contributed by atoms with van der Waals surface area (Å²) in [6, 6.07) is 0.909. The van der Waals surface area contributed by atoms with Crippen molar-refractivity contribution in [1.82, 2.24) is 14.9 Å². The molecule has 1 fully saturated rings. The van der Waals surface area contributed by atoms with Gasteiger partial charge in [-0.1, -0.05) is 0 Å². The number of rotatable bonds is 9. The predicted molar refractivity (Wildman–Crippen MR) is 124 cm³/mol. The zero-order valence-corrected chi connectivity index (χ0v) is 19.6. The highest BCUT2D eigenvalue weighted by molar-refractivity contribution is 5.97. The number of pyridine rings is 2. The van der Waals surface area contributed by atoms with Gasteiger partial charge in [0.15, 0.2) is 17.3 Å². The Hall–Kier alpha value is -3.65. The maximum atomic E-state index is 14.8. The van der Waals surface area contributed by atoms with Crippen LogP contribution in [-0.2, 0) is 0 Å². The lowest BCUT2D eigenvalue weighted by molar-refractivity contribution is -0.158. The van der Waals surface area contributed by atoms with Gasteiger partial charge in [0, 0.05) is 31.4 Å². The highest BCUT2D eigenvalue weighted by atomic mass is 19.4. The van der Waals surface area contributed by atoms with Crippen molar-refractivity contribution < 1.29 is 41.4 Å². The van der Waals surface area contributed by atoms with Crippen molar-refractivity contribution in [3.63, 3.8) is 0 Å². The molecule has 1 aliphatic carbocycles. The van der Waals surface area contributed by atoms with Gasteiger partial charge in [0.1, 0.15) is 28.9 Å². The second kappa shape index (κ2) is 10.6. The standard InChI is InChI=1S/C24H22F6N4O4/c25-13-9-16(26)19(17(27)10-13)34-11-15(23(38)32-21(12-1-2-12)24(28,29)30)20(37)14-3-4-18(31-22(14)34)33(5-7-35)6-8-36/h3-4,9-12,21,35-36H,1-2,5-8H2,(H,32,38)/t21-/m0/s1. The Morgan fingerprint density at radius 1 is 1.11 bits per heavy atom. The van der Waals surface area contributed by atoms with E-state index in [1.165, 1.54) is 11.0 Å². The molecule has 204 valence electrons. The number of halogens is 6. The number of hydrogen-bond donors (Lipinski definition) is 3. The highest BCUT2D eigenvalue weighted by Crippen LogP contribution is 2.40. The van der Waals surface area contributed by atoms with E-state index in [2.05, 4.69) is 4.98 Å². The number of benzene rings is 1. The molecule has 38 heavy (non-hydrogen) atoms. The summed E-state index contributed by atoms with van der Waals surface area (Å²) in [5.74, 6) is -6.31. The molecule has 0 saturated heterocycles. The lowest BCUT2D eigenvalue weighted by atomic mass is 10.1. The monoisotopic (exact) mass is 544 g/mol. The molecule has 2 heterocycles. The first-order valence-corrected chi connectivity index (χ1v) is 11.5. The summed E-state index contributed by atoms with van der Waals surface area (Å²) in [5.41, 5.74) is -3.22. The van der Waals surface area contributed by atoms with Crippen LogP contribution in [0.1, 0.15) is 23.2 Å². The van der Waals surface area contributed by atoms with Crippen molar-refractivity contribution in [3.8, 4) is 5.69 Å². The Balaban J connectivity index is 1.93. The van der Waals surface area contributed by atoms with Gasteiger partial charge in [-0.15, -0.1) is 0 Å². The molecule has 4 rings (SSSR count). The van der Waals surface area contributed by atoms with Gasteiger partial charge < -0.3 is 20.4 Å². The summed E-state index contributed by atoms with van der Waals surface area (Å²) >= 11 is 0. The predicted octanol–water partition coefficient (Wildman–Crippen LogP) is 2.66. The van der Waals surface area contributed by atoms with Gasteiger partial charge in [0.05, 0.1) is 18.6 Å². The van der Waals surface area contributed by atoms with Crippen molar-refractivity contribution in [2.45, 2.75) is 25.1 Å². The molecular formula is C24H22F6N4O4. The number of nitrogens with one attached hydrogen (secondary N) is 1. The molecule has 1 amide bonds. The average Bonchev–Trinajstić information content (AvgIpc) is 3.67. The number of hydrogen-bond acceptors (Lipinski definition) is 6. The Morgan fingerprint density at radius 3 is 2.24 bits per heavy atom. The number of aliphatic hydroxyl groups excluding tert-OH is 2. The van der Waals surface area contributed by atoms with E-state index < -0.39 is 63.8 Å². The van der Waals surface area contributed by atoms with E-state index in [0.717, 1.165) is 6.07 Å². The molecule has 14 heteroatoms. The Kier molecular flexibility index (Phi) is 7.65. The minimum atomic E-state index is -4.79.